The van der Waals surface area contributed by atoms with Gasteiger partial charge in [-0.15, -0.1) is 0 Å². The van der Waals surface area contributed by atoms with Gasteiger partial charge in [0.25, 0.3) is 0 Å². The Morgan fingerprint density at radius 2 is 2.08 bits per heavy atom. The first-order valence-corrected chi connectivity index (χ1v) is 11.6. The van der Waals surface area contributed by atoms with Crippen LogP contribution in [0.25, 0.3) is 0 Å². The highest BCUT2D eigenvalue weighted by atomic mass is 79.9. The van der Waals surface area contributed by atoms with Gasteiger partial charge < -0.3 is 9.84 Å². The summed E-state index contributed by atoms with van der Waals surface area (Å²) in [4.78, 5) is 2.23. The van der Waals surface area contributed by atoms with Crippen molar-refractivity contribution in [2.75, 3.05) is 0 Å². The molecular weight excluding hydrogens is 376 g/mol. The van der Waals surface area contributed by atoms with Gasteiger partial charge in [-0.1, -0.05) is 48.2 Å². The van der Waals surface area contributed by atoms with Crippen molar-refractivity contribution in [3.8, 4) is 0 Å². The zero-order chi connectivity index (χ0) is 17.7. The largest absolute Gasteiger partial charge is 0.390 e. The summed E-state index contributed by atoms with van der Waals surface area (Å²) in [5.74, 6) is 2.43. The van der Waals surface area contributed by atoms with E-state index in [0.29, 0.717) is 11.5 Å². The number of fused-ring (bicyclic) bond motifs is 1. The van der Waals surface area contributed by atoms with Crippen molar-refractivity contribution >= 4 is 15.9 Å². The molecular formula is C22H35BrO2. The smallest absolute Gasteiger partial charge is 0.120 e. The second kappa shape index (κ2) is 6.95. The first kappa shape index (κ1) is 18.5. The van der Waals surface area contributed by atoms with Gasteiger partial charge in [0.05, 0.1) is 12.2 Å². The molecule has 4 rings (SSSR count). The highest BCUT2D eigenvalue weighted by Gasteiger charge is 2.61. The average molecular weight is 411 g/mol. The van der Waals surface area contributed by atoms with Gasteiger partial charge in [-0.2, -0.15) is 0 Å². The first-order valence-electron chi connectivity index (χ1n) is 10.7. The van der Waals surface area contributed by atoms with Crippen LogP contribution in [0.15, 0.2) is 10.6 Å². The Balaban J connectivity index is 1.35. The van der Waals surface area contributed by atoms with Gasteiger partial charge in [-0.3, -0.25) is 0 Å². The summed E-state index contributed by atoms with van der Waals surface area (Å²) in [7, 11) is 0. The number of halogens is 1. The van der Waals surface area contributed by atoms with E-state index in [-0.39, 0.29) is 11.7 Å². The second-order valence-corrected chi connectivity index (χ2v) is 10.1. The molecule has 1 N–H and O–H groups in total. The van der Waals surface area contributed by atoms with Crippen LogP contribution in [-0.2, 0) is 4.74 Å². The third kappa shape index (κ3) is 3.06. The topological polar surface area (TPSA) is 32.8 Å². The maximum atomic E-state index is 10.4. The predicted molar refractivity (Wildman–Crippen MR) is 106 cm³/mol. The summed E-state index contributed by atoms with van der Waals surface area (Å²) < 4.78 is 6.07. The van der Waals surface area contributed by atoms with Crippen LogP contribution in [-0.4, -0.2) is 22.9 Å². The molecule has 4 fully saturated rings. The first-order chi connectivity index (χ1) is 12.0. The van der Waals surface area contributed by atoms with Gasteiger partial charge in [0, 0.05) is 0 Å². The summed E-state index contributed by atoms with van der Waals surface area (Å²) in [6.07, 6.45) is 13.8. The molecule has 0 aromatic heterocycles. The molecule has 1 spiro atoms. The summed E-state index contributed by atoms with van der Waals surface area (Å²) in [5.41, 5.74) is 2.03. The van der Waals surface area contributed by atoms with Crippen LogP contribution in [0, 0.1) is 23.2 Å². The van der Waals surface area contributed by atoms with Crippen molar-refractivity contribution < 1.29 is 9.84 Å². The lowest BCUT2D eigenvalue weighted by Crippen LogP contribution is -2.37. The van der Waals surface area contributed by atoms with Crippen molar-refractivity contribution in [1.82, 2.24) is 0 Å². The van der Waals surface area contributed by atoms with E-state index in [2.05, 4.69) is 34.8 Å². The zero-order valence-electron chi connectivity index (χ0n) is 16.0. The number of aliphatic hydroxyl groups is 1. The molecule has 1 aliphatic heterocycles. The molecule has 4 aliphatic rings. The number of rotatable bonds is 4. The van der Waals surface area contributed by atoms with E-state index in [4.69, 9.17) is 4.74 Å². The number of aliphatic hydroxyl groups excluding tert-OH is 1. The quantitative estimate of drug-likeness (QED) is 0.578. The van der Waals surface area contributed by atoms with E-state index in [1.807, 2.05) is 0 Å². The molecule has 0 amide bonds. The van der Waals surface area contributed by atoms with Gasteiger partial charge in [0.1, 0.15) is 5.60 Å². The molecule has 3 heteroatoms. The third-order valence-electron chi connectivity index (χ3n) is 8.46. The fraction of sp³-hybridized carbons (Fsp3) is 0.909. The lowest BCUT2D eigenvalue weighted by atomic mass is 9.61. The van der Waals surface area contributed by atoms with Crippen LogP contribution in [0.2, 0.25) is 0 Å². The number of epoxide rings is 1. The Morgan fingerprint density at radius 3 is 2.84 bits per heavy atom. The van der Waals surface area contributed by atoms with E-state index in [1.165, 1.54) is 51.4 Å². The number of hydrogen-bond donors (Lipinski definition) is 1. The van der Waals surface area contributed by atoms with Crippen LogP contribution in [0.1, 0.15) is 84.5 Å². The SMILES string of the molecule is C[C@H](CC[C@@H]1O[C@]12CCCCC2O)[C@H]1CCC2C(=CBr)CCC[C@@]21C. The Hall–Kier alpha value is 0.140. The van der Waals surface area contributed by atoms with Crippen molar-refractivity contribution in [2.24, 2.45) is 23.2 Å². The molecule has 1 saturated heterocycles. The lowest BCUT2D eigenvalue weighted by molar-refractivity contribution is 0.0408. The Labute approximate surface area is 161 Å². The van der Waals surface area contributed by atoms with Crippen molar-refractivity contribution in [3.05, 3.63) is 10.6 Å². The molecule has 0 bridgehead atoms. The number of ether oxygens (including phenoxy) is 1. The summed E-state index contributed by atoms with van der Waals surface area (Å²) >= 11 is 3.63. The van der Waals surface area contributed by atoms with E-state index >= 15 is 0 Å². The Morgan fingerprint density at radius 1 is 1.24 bits per heavy atom. The average Bonchev–Trinajstić information content (AvgIpc) is 3.18. The third-order valence-corrected chi connectivity index (χ3v) is 9.05. The molecule has 3 saturated carbocycles. The van der Waals surface area contributed by atoms with Crippen molar-refractivity contribution in [2.45, 2.75) is 102 Å². The summed E-state index contributed by atoms with van der Waals surface area (Å²) in [6, 6.07) is 0. The molecule has 0 aromatic carbocycles. The van der Waals surface area contributed by atoms with Crippen LogP contribution < -0.4 is 0 Å². The van der Waals surface area contributed by atoms with E-state index in [1.54, 1.807) is 5.57 Å². The minimum absolute atomic E-state index is 0.142. The maximum Gasteiger partial charge on any atom is 0.120 e. The lowest BCUT2D eigenvalue weighted by Gasteiger charge is -2.44. The van der Waals surface area contributed by atoms with E-state index < -0.39 is 0 Å². The van der Waals surface area contributed by atoms with Gasteiger partial charge >= 0.3 is 0 Å². The van der Waals surface area contributed by atoms with Crippen LogP contribution >= 0.6 is 15.9 Å². The normalized spacial score (nSPS) is 49.4. The molecule has 2 nitrogen and oxygen atoms in total. The molecule has 7 atom stereocenters. The Bertz CT molecular complexity index is 532. The fourth-order valence-electron chi connectivity index (χ4n) is 6.96. The van der Waals surface area contributed by atoms with Gasteiger partial charge in [-0.25, -0.2) is 0 Å². The highest BCUT2D eigenvalue weighted by molar-refractivity contribution is 9.11. The van der Waals surface area contributed by atoms with Gasteiger partial charge in [0.2, 0.25) is 0 Å². The minimum Gasteiger partial charge on any atom is -0.390 e. The van der Waals surface area contributed by atoms with Crippen LogP contribution in [0.3, 0.4) is 0 Å². The highest BCUT2D eigenvalue weighted by Crippen LogP contribution is 2.60. The van der Waals surface area contributed by atoms with Gasteiger partial charge in [-0.05, 0) is 85.9 Å². The maximum absolute atomic E-state index is 10.4. The van der Waals surface area contributed by atoms with Crippen molar-refractivity contribution in [1.29, 1.82) is 0 Å². The second-order valence-electron chi connectivity index (χ2n) is 9.66. The van der Waals surface area contributed by atoms with E-state index in [9.17, 15) is 5.11 Å². The monoisotopic (exact) mass is 410 g/mol. The zero-order valence-corrected chi connectivity index (χ0v) is 17.6. The molecule has 0 aromatic rings. The van der Waals surface area contributed by atoms with E-state index in [0.717, 1.165) is 37.0 Å². The minimum atomic E-state index is -0.208. The molecule has 2 unspecified atom stereocenters. The summed E-state index contributed by atoms with van der Waals surface area (Å²) in [6.45, 7) is 5.05. The number of hydrogen-bond acceptors (Lipinski definition) is 2. The molecule has 0 radical (unpaired) electrons. The molecule has 25 heavy (non-hydrogen) atoms. The Kier molecular flexibility index (Phi) is 5.14. The molecule has 3 aliphatic carbocycles. The molecule has 142 valence electrons. The summed E-state index contributed by atoms with van der Waals surface area (Å²) in [5, 5.41) is 10.4. The number of allylic oxidation sites excluding steroid dienone is 1. The fourth-order valence-corrected chi connectivity index (χ4v) is 7.51. The molecule has 1 heterocycles. The van der Waals surface area contributed by atoms with Crippen molar-refractivity contribution in [3.63, 3.8) is 0 Å². The predicted octanol–water partition coefficient (Wildman–Crippen LogP) is 5.97. The standard InChI is InChI=1S/C22H35BrO2/c1-15(8-11-20-22(25-20)13-4-3-7-19(22)24)17-9-10-18-16(14-23)6-5-12-21(17,18)2/h14-15,17-20,24H,3-13H2,1-2H3/t15-,17-,18?,19?,20+,21-,22+/m1/s1. The van der Waals surface area contributed by atoms with Crippen LogP contribution in [0.5, 0.6) is 0 Å². The van der Waals surface area contributed by atoms with Crippen LogP contribution in [0.4, 0.5) is 0 Å². The van der Waals surface area contributed by atoms with Gasteiger partial charge in [0.15, 0.2) is 0 Å².